The van der Waals surface area contributed by atoms with Gasteiger partial charge in [-0.25, -0.2) is 0 Å². The van der Waals surface area contributed by atoms with E-state index >= 15 is 0 Å². The number of carbonyl (C=O) groups is 2. The minimum atomic E-state index is -0.440. The average molecular weight is 342 g/mol. The highest BCUT2D eigenvalue weighted by molar-refractivity contribution is 5.85. The first-order valence-electron chi connectivity index (χ1n) is 8.41. The van der Waals surface area contributed by atoms with Crippen LogP contribution in [-0.4, -0.2) is 25.5 Å². The second kappa shape index (κ2) is 8.01. The number of ether oxygens (including phenoxy) is 1. The summed E-state index contributed by atoms with van der Waals surface area (Å²) < 4.78 is 5.22. The number of hydrogen-bond acceptors (Lipinski definition) is 3. The number of nitrogens with one attached hydrogen (secondary N) is 2. The van der Waals surface area contributed by atoms with Crippen molar-refractivity contribution in [1.82, 2.24) is 10.6 Å². The van der Waals surface area contributed by atoms with Gasteiger partial charge in [0.2, 0.25) is 11.8 Å². The molecule has 0 radical (unpaired) electrons. The Morgan fingerprint density at radius 2 is 1.68 bits per heavy atom. The average Bonchev–Trinajstić information content (AvgIpc) is 2.58. The fraction of sp³-hybridized carbons (Fsp3) is 0.400. The smallest absolute Gasteiger partial charge is 0.225 e. The highest BCUT2D eigenvalue weighted by Gasteiger charge is 2.20. The third-order valence-corrected chi connectivity index (χ3v) is 3.92. The maximum absolute atomic E-state index is 11.9. The molecule has 0 aliphatic carbocycles. The Balaban J connectivity index is 1.83. The molecule has 0 spiro atoms. The van der Waals surface area contributed by atoms with Gasteiger partial charge in [0, 0.05) is 24.9 Å². The van der Waals surface area contributed by atoms with Crippen LogP contribution in [0, 0.1) is 5.41 Å². The predicted octanol–water partition coefficient (Wildman–Crippen LogP) is 3.02. The molecule has 0 aliphatic rings. The molecule has 0 atom stereocenters. The summed E-state index contributed by atoms with van der Waals surface area (Å²) in [5.74, 6) is 0.695. The minimum Gasteiger partial charge on any atom is -0.497 e. The van der Waals surface area contributed by atoms with Crippen LogP contribution in [0.5, 0.6) is 5.75 Å². The molecule has 0 fully saturated rings. The van der Waals surface area contributed by atoms with Crippen molar-refractivity contribution in [2.75, 3.05) is 13.7 Å². The molecular weight excluding hydrogens is 316 g/mol. The Hall–Kier alpha value is -2.56. The van der Waals surface area contributed by atoms with E-state index in [9.17, 15) is 9.59 Å². The number of carbonyl (C=O) groups excluding carboxylic acids is 2. The maximum atomic E-state index is 11.9. The van der Waals surface area contributed by atoms with E-state index in [-0.39, 0.29) is 18.2 Å². The molecular formula is C20H26N2O3. The van der Waals surface area contributed by atoms with E-state index in [1.807, 2.05) is 51.1 Å². The number of hydrogen-bond donors (Lipinski definition) is 2. The lowest BCUT2D eigenvalue weighted by molar-refractivity contribution is -0.128. The van der Waals surface area contributed by atoms with Crippen molar-refractivity contribution in [3.63, 3.8) is 0 Å². The van der Waals surface area contributed by atoms with Crippen LogP contribution in [0.2, 0.25) is 0 Å². The van der Waals surface area contributed by atoms with Crippen LogP contribution in [0.4, 0.5) is 0 Å². The second-order valence-electron chi connectivity index (χ2n) is 7.08. The highest BCUT2D eigenvalue weighted by Crippen LogP contribution is 2.21. The van der Waals surface area contributed by atoms with Crippen molar-refractivity contribution < 1.29 is 14.3 Å². The minimum absolute atomic E-state index is 0.0507. The summed E-state index contributed by atoms with van der Waals surface area (Å²) in [5, 5.41) is 7.86. The standard InChI is InChI=1S/C20H26N2O3/c1-20(2,3)19(24)21-10-9-18(23)22-13-14-5-6-16-12-17(25-4)8-7-15(16)11-14/h5-8,11-12H,9-10,13H2,1-4H3,(H,21,24)(H,22,23). The highest BCUT2D eigenvalue weighted by atomic mass is 16.5. The third-order valence-electron chi connectivity index (χ3n) is 3.92. The fourth-order valence-electron chi connectivity index (χ4n) is 2.35. The molecule has 5 heteroatoms. The van der Waals surface area contributed by atoms with Gasteiger partial charge in [-0.3, -0.25) is 9.59 Å². The summed E-state index contributed by atoms with van der Waals surface area (Å²) >= 11 is 0. The number of amides is 2. The van der Waals surface area contributed by atoms with Crippen LogP contribution in [0.15, 0.2) is 36.4 Å². The first kappa shape index (κ1) is 18.8. The summed E-state index contributed by atoms with van der Waals surface area (Å²) in [4.78, 5) is 23.7. The van der Waals surface area contributed by atoms with Crippen LogP contribution < -0.4 is 15.4 Å². The SMILES string of the molecule is COc1ccc2cc(CNC(=O)CCNC(=O)C(C)(C)C)ccc2c1. The van der Waals surface area contributed by atoms with E-state index in [0.29, 0.717) is 13.1 Å². The molecule has 0 heterocycles. The van der Waals surface area contributed by atoms with Crippen LogP contribution in [0.25, 0.3) is 10.8 Å². The van der Waals surface area contributed by atoms with Gasteiger partial charge in [0.25, 0.3) is 0 Å². The molecule has 0 aromatic heterocycles. The van der Waals surface area contributed by atoms with Gasteiger partial charge in [-0.1, -0.05) is 39.0 Å². The Bertz CT molecular complexity index is 763. The first-order chi connectivity index (χ1) is 11.8. The number of rotatable bonds is 6. The monoisotopic (exact) mass is 342 g/mol. The number of benzene rings is 2. The van der Waals surface area contributed by atoms with Crippen molar-refractivity contribution in [2.45, 2.75) is 33.7 Å². The summed E-state index contributed by atoms with van der Waals surface area (Å²) in [7, 11) is 1.65. The van der Waals surface area contributed by atoms with E-state index in [2.05, 4.69) is 16.7 Å². The van der Waals surface area contributed by atoms with Crippen molar-refractivity contribution in [3.05, 3.63) is 42.0 Å². The topological polar surface area (TPSA) is 67.4 Å². The molecule has 2 N–H and O–H groups in total. The lowest BCUT2D eigenvalue weighted by Crippen LogP contribution is -2.37. The summed E-state index contributed by atoms with van der Waals surface area (Å²) in [6.07, 6.45) is 0.270. The van der Waals surface area contributed by atoms with Gasteiger partial charge in [0.1, 0.15) is 5.75 Å². The molecule has 0 saturated heterocycles. The molecule has 134 valence electrons. The fourth-order valence-corrected chi connectivity index (χ4v) is 2.35. The van der Waals surface area contributed by atoms with Crippen LogP contribution in [0.1, 0.15) is 32.8 Å². The van der Waals surface area contributed by atoms with Crippen LogP contribution in [-0.2, 0) is 16.1 Å². The van der Waals surface area contributed by atoms with Gasteiger partial charge < -0.3 is 15.4 Å². The Kier molecular flexibility index (Phi) is 6.02. The van der Waals surface area contributed by atoms with E-state index in [0.717, 1.165) is 22.1 Å². The number of fused-ring (bicyclic) bond motifs is 1. The third kappa shape index (κ3) is 5.48. The zero-order chi connectivity index (χ0) is 18.4. The van der Waals surface area contributed by atoms with E-state index in [1.165, 1.54) is 0 Å². The summed E-state index contributed by atoms with van der Waals surface area (Å²) in [6.45, 7) is 6.35. The lowest BCUT2D eigenvalue weighted by Gasteiger charge is -2.17. The van der Waals surface area contributed by atoms with Crippen LogP contribution >= 0.6 is 0 Å². The normalized spacial score (nSPS) is 11.2. The molecule has 0 unspecified atom stereocenters. The number of methoxy groups -OCH3 is 1. The molecule has 0 aliphatic heterocycles. The quantitative estimate of drug-likeness (QED) is 0.848. The van der Waals surface area contributed by atoms with E-state index in [4.69, 9.17) is 4.74 Å². The molecule has 2 aromatic carbocycles. The molecule has 5 nitrogen and oxygen atoms in total. The molecule has 0 bridgehead atoms. The first-order valence-corrected chi connectivity index (χ1v) is 8.41. The van der Waals surface area contributed by atoms with Gasteiger partial charge in [0.15, 0.2) is 0 Å². The Morgan fingerprint density at radius 1 is 1.00 bits per heavy atom. The molecule has 2 amide bonds. The van der Waals surface area contributed by atoms with Gasteiger partial charge >= 0.3 is 0 Å². The molecule has 0 saturated carbocycles. The molecule has 2 rings (SSSR count). The van der Waals surface area contributed by atoms with Gasteiger partial charge in [-0.15, -0.1) is 0 Å². The predicted molar refractivity (Wildman–Crippen MR) is 99.4 cm³/mol. The lowest BCUT2D eigenvalue weighted by atomic mass is 9.96. The zero-order valence-corrected chi connectivity index (χ0v) is 15.3. The Labute approximate surface area is 148 Å². The van der Waals surface area contributed by atoms with Crippen molar-refractivity contribution in [1.29, 1.82) is 0 Å². The van der Waals surface area contributed by atoms with Crippen molar-refractivity contribution >= 4 is 22.6 Å². The van der Waals surface area contributed by atoms with Gasteiger partial charge in [0.05, 0.1) is 7.11 Å². The van der Waals surface area contributed by atoms with E-state index in [1.54, 1.807) is 7.11 Å². The second-order valence-corrected chi connectivity index (χ2v) is 7.08. The van der Waals surface area contributed by atoms with Crippen molar-refractivity contribution in [3.8, 4) is 5.75 Å². The molecule has 25 heavy (non-hydrogen) atoms. The maximum Gasteiger partial charge on any atom is 0.225 e. The Morgan fingerprint density at radius 3 is 2.36 bits per heavy atom. The largest absolute Gasteiger partial charge is 0.497 e. The zero-order valence-electron chi connectivity index (χ0n) is 15.3. The van der Waals surface area contributed by atoms with Crippen molar-refractivity contribution in [2.24, 2.45) is 5.41 Å². The summed E-state index contributed by atoms with van der Waals surface area (Å²) in [5.41, 5.74) is 0.592. The van der Waals surface area contributed by atoms with Gasteiger partial charge in [-0.2, -0.15) is 0 Å². The summed E-state index contributed by atoms with van der Waals surface area (Å²) in [6, 6.07) is 12.0. The molecule has 2 aromatic rings. The van der Waals surface area contributed by atoms with E-state index < -0.39 is 5.41 Å². The van der Waals surface area contributed by atoms with Gasteiger partial charge in [-0.05, 0) is 34.5 Å². The van der Waals surface area contributed by atoms with Crippen LogP contribution in [0.3, 0.4) is 0 Å².